The Kier molecular flexibility index (Phi) is 32.2. The third-order valence-corrected chi connectivity index (χ3v) is 16.1. The van der Waals surface area contributed by atoms with Crippen LogP contribution >= 0.6 is 0 Å². The molecule has 1 unspecified atom stereocenters. The number of aliphatic hydroxyl groups is 2. The molecule has 0 aliphatic carbocycles. The van der Waals surface area contributed by atoms with Crippen LogP contribution in [0.15, 0.2) is 12.2 Å². The first-order valence-electron chi connectivity index (χ1n) is 30.7. The SMILES string of the molecule is C/C=C/C[C@@H](C)[C@@H](O)C1C(=O)N[C@@H](CC)C(=O)N(C)CC(=O)N(C)[C@@H](CC(C)C)C(=O)N[C@@H](C(C)C)C(=O)N(C)[C@@H](CC(C)C)C(=O)N[C@@H](C)C(=O)N[C@H](CO)C(=O)N(C)[C@H](CC(C)C)C(=O)N(C)[C@@H](CC(C)C)C(=O)N(C)[C@@H](C(C)C)C(=O)N1C. The van der Waals surface area contributed by atoms with E-state index >= 15 is 9.59 Å². The van der Waals surface area contributed by atoms with E-state index in [1.54, 1.807) is 60.6 Å². The van der Waals surface area contributed by atoms with Gasteiger partial charge in [-0.1, -0.05) is 109 Å². The third kappa shape index (κ3) is 21.6. The summed E-state index contributed by atoms with van der Waals surface area (Å²) in [5.74, 6) is -10.6. The quantitative estimate of drug-likeness (QED) is 0.121. The highest BCUT2D eigenvalue weighted by atomic mass is 16.3. The minimum Gasteiger partial charge on any atom is -0.394 e. The fourth-order valence-electron chi connectivity index (χ4n) is 10.7. The van der Waals surface area contributed by atoms with Gasteiger partial charge in [0.05, 0.1) is 19.3 Å². The molecule has 24 heteroatoms. The molecule has 0 aromatic carbocycles. The molecule has 1 heterocycles. The van der Waals surface area contributed by atoms with E-state index in [0.717, 1.165) is 14.7 Å². The molecule has 1 aliphatic rings. The maximum absolute atomic E-state index is 15.1. The molecule has 1 rings (SSSR count). The van der Waals surface area contributed by atoms with Gasteiger partial charge < -0.3 is 65.8 Å². The van der Waals surface area contributed by atoms with E-state index in [2.05, 4.69) is 21.3 Å². The molecule has 11 amide bonds. The second-order valence-electron chi connectivity index (χ2n) is 26.1. The van der Waals surface area contributed by atoms with Gasteiger partial charge >= 0.3 is 0 Å². The maximum Gasteiger partial charge on any atom is 0.247 e. The van der Waals surface area contributed by atoms with Crippen LogP contribution < -0.4 is 21.3 Å². The minimum absolute atomic E-state index is 0.0119. The minimum atomic E-state index is -1.63. The molecule has 0 bridgehead atoms. The Morgan fingerprint density at radius 3 is 1.34 bits per heavy atom. The summed E-state index contributed by atoms with van der Waals surface area (Å²) in [5, 5.41) is 33.5. The molecule has 1 aliphatic heterocycles. The molecule has 0 spiro atoms. The van der Waals surface area contributed by atoms with Crippen molar-refractivity contribution >= 4 is 65.0 Å². The molecule has 24 nitrogen and oxygen atoms in total. The molecule has 86 heavy (non-hydrogen) atoms. The molecular weight excluding hydrogens is 1110 g/mol. The van der Waals surface area contributed by atoms with Crippen LogP contribution in [-0.2, 0) is 52.7 Å². The normalized spacial score (nSPS) is 26.7. The molecule has 1 fully saturated rings. The summed E-state index contributed by atoms with van der Waals surface area (Å²) in [4.78, 5) is 168. The first-order chi connectivity index (χ1) is 39.7. The number of likely N-dealkylation sites (N-methyl/N-ethyl adjacent to an activating group) is 7. The van der Waals surface area contributed by atoms with Crippen molar-refractivity contribution in [1.82, 2.24) is 55.6 Å². The van der Waals surface area contributed by atoms with Crippen molar-refractivity contribution in [2.45, 2.75) is 216 Å². The van der Waals surface area contributed by atoms with Crippen LogP contribution in [0.5, 0.6) is 0 Å². The molecule has 492 valence electrons. The van der Waals surface area contributed by atoms with Gasteiger partial charge in [0.1, 0.15) is 60.4 Å². The highest BCUT2D eigenvalue weighted by Crippen LogP contribution is 2.26. The van der Waals surface area contributed by atoms with Crippen LogP contribution in [0.3, 0.4) is 0 Å². The van der Waals surface area contributed by atoms with Gasteiger partial charge in [0.2, 0.25) is 65.0 Å². The van der Waals surface area contributed by atoms with E-state index < -0.39 is 162 Å². The monoisotopic (exact) mass is 1220 g/mol. The van der Waals surface area contributed by atoms with Crippen LogP contribution in [0, 0.1) is 41.4 Å². The molecule has 0 radical (unpaired) electrons. The van der Waals surface area contributed by atoms with Gasteiger partial charge in [0.15, 0.2) is 0 Å². The van der Waals surface area contributed by atoms with Crippen LogP contribution in [-0.4, -0.2) is 238 Å². The summed E-state index contributed by atoms with van der Waals surface area (Å²) >= 11 is 0. The van der Waals surface area contributed by atoms with Crippen LogP contribution in [0.2, 0.25) is 0 Å². The van der Waals surface area contributed by atoms with E-state index in [0.29, 0.717) is 6.42 Å². The lowest BCUT2D eigenvalue weighted by atomic mass is 9.91. The summed E-state index contributed by atoms with van der Waals surface area (Å²) in [6.07, 6.45) is 2.81. The largest absolute Gasteiger partial charge is 0.394 e. The van der Waals surface area contributed by atoms with Crippen molar-refractivity contribution in [3.8, 4) is 0 Å². The Hall–Kier alpha value is -6.17. The van der Waals surface area contributed by atoms with Gasteiger partial charge in [-0.3, -0.25) is 52.7 Å². The molecular formula is C62H111N11O13. The molecule has 6 N–H and O–H groups in total. The Bertz CT molecular complexity index is 2350. The lowest BCUT2D eigenvalue weighted by Crippen LogP contribution is -2.63. The van der Waals surface area contributed by atoms with Crippen molar-refractivity contribution < 1.29 is 63.0 Å². The summed E-state index contributed by atoms with van der Waals surface area (Å²) in [5.41, 5.74) is 0. The van der Waals surface area contributed by atoms with Crippen molar-refractivity contribution in [2.24, 2.45) is 41.4 Å². The number of allylic oxidation sites excluding steroid dienone is 2. The number of nitrogens with one attached hydrogen (secondary N) is 4. The number of rotatable bonds is 16. The van der Waals surface area contributed by atoms with E-state index in [4.69, 9.17) is 0 Å². The van der Waals surface area contributed by atoms with E-state index in [9.17, 15) is 53.4 Å². The van der Waals surface area contributed by atoms with Gasteiger partial charge in [0.25, 0.3) is 0 Å². The number of amides is 11. The van der Waals surface area contributed by atoms with Gasteiger partial charge in [-0.2, -0.15) is 0 Å². The number of aliphatic hydroxyl groups excluding tert-OH is 2. The molecule has 0 saturated carbocycles. The van der Waals surface area contributed by atoms with Crippen LogP contribution in [0.4, 0.5) is 0 Å². The van der Waals surface area contributed by atoms with E-state index in [-0.39, 0.29) is 55.8 Å². The first kappa shape index (κ1) is 77.8. The Balaban J connectivity index is 4.36. The Morgan fingerprint density at radius 1 is 0.477 bits per heavy atom. The van der Waals surface area contributed by atoms with Crippen molar-refractivity contribution in [3.63, 3.8) is 0 Å². The van der Waals surface area contributed by atoms with Gasteiger partial charge in [-0.25, -0.2) is 0 Å². The zero-order chi connectivity index (χ0) is 66.7. The number of hydrogen-bond donors (Lipinski definition) is 6. The summed E-state index contributed by atoms with van der Waals surface area (Å²) in [7, 11) is 9.70. The second-order valence-corrected chi connectivity index (χ2v) is 26.1. The standard InChI is InChI=1S/C62H111N11O13/c1-24-26-27-40(15)52(76)51-56(80)64-42(25-2)57(81)67(17)32-48(75)68(18)44(28-34(3)4)55(79)66-49(38(11)12)61(85)69(19)45(29-35(5)6)54(78)63-41(16)53(77)65-43(33-74)58(82)70(20)46(30-36(7)8)59(83)71(21)47(31-37(9)10)60(84)72(22)50(39(13)14)62(86)73(51)23/h24,26,34-47,49-52,74,76H,25,27-33H2,1-23H3,(H,63,78)(H,64,80)(H,65,77)(H,66,79)/b26-24+/t40-,41+,42+,43-,44+,45+,46-,47+,49+,50+,51?,52-/m1/s1. The summed E-state index contributed by atoms with van der Waals surface area (Å²) in [6.45, 7) is 26.6. The van der Waals surface area contributed by atoms with Crippen LogP contribution in [0.1, 0.15) is 149 Å². The fourth-order valence-corrected chi connectivity index (χ4v) is 10.7. The Labute approximate surface area is 513 Å². The summed E-state index contributed by atoms with van der Waals surface area (Å²) < 4.78 is 0. The zero-order valence-electron chi connectivity index (χ0n) is 56.2. The van der Waals surface area contributed by atoms with Gasteiger partial charge in [0, 0.05) is 49.3 Å². The highest BCUT2D eigenvalue weighted by Gasteiger charge is 2.46. The smallest absolute Gasteiger partial charge is 0.247 e. The Morgan fingerprint density at radius 2 is 0.895 bits per heavy atom. The zero-order valence-corrected chi connectivity index (χ0v) is 56.2. The number of carbonyl (C=O) groups excluding carboxylic acids is 11. The molecule has 12 atom stereocenters. The number of nitrogens with zero attached hydrogens (tertiary/aromatic N) is 7. The summed E-state index contributed by atoms with van der Waals surface area (Å²) in [6, 6.07) is -13.1. The lowest BCUT2D eigenvalue weighted by Gasteiger charge is -2.41. The average molecular weight is 1220 g/mol. The first-order valence-corrected chi connectivity index (χ1v) is 30.7. The lowest BCUT2D eigenvalue weighted by molar-refractivity contribution is -0.157. The maximum atomic E-state index is 15.1. The van der Waals surface area contributed by atoms with Crippen LogP contribution in [0.25, 0.3) is 0 Å². The molecule has 0 aromatic rings. The predicted octanol–water partition coefficient (Wildman–Crippen LogP) is 2.24. The predicted molar refractivity (Wildman–Crippen MR) is 330 cm³/mol. The van der Waals surface area contributed by atoms with Crippen molar-refractivity contribution in [2.75, 3.05) is 62.5 Å². The van der Waals surface area contributed by atoms with Crippen molar-refractivity contribution in [3.05, 3.63) is 12.2 Å². The van der Waals surface area contributed by atoms with Crippen molar-refractivity contribution in [1.29, 1.82) is 0 Å². The average Bonchev–Trinajstić information content (AvgIpc) is 1.90. The number of hydrogen-bond acceptors (Lipinski definition) is 13. The second kappa shape index (κ2) is 35.6. The van der Waals surface area contributed by atoms with Gasteiger partial charge in [-0.15, -0.1) is 0 Å². The van der Waals surface area contributed by atoms with Gasteiger partial charge in [-0.05, 0) is 93.8 Å². The molecule has 0 aromatic heterocycles. The van der Waals surface area contributed by atoms with E-state index in [1.165, 1.54) is 75.9 Å². The van der Waals surface area contributed by atoms with E-state index in [1.807, 2.05) is 55.4 Å². The highest BCUT2D eigenvalue weighted by molar-refractivity contribution is 5.99. The third-order valence-electron chi connectivity index (χ3n) is 16.1. The molecule has 1 saturated heterocycles. The fraction of sp³-hybridized carbons (Fsp3) is 0.790. The number of carbonyl (C=O) groups is 11. The topological polar surface area (TPSA) is 299 Å².